The highest BCUT2D eigenvalue weighted by molar-refractivity contribution is 5.85. The van der Waals surface area contributed by atoms with Crippen LogP contribution in [0.25, 0.3) is 10.9 Å². The molecule has 5 heteroatoms. The Morgan fingerprint density at radius 3 is 2.32 bits per heavy atom. The third-order valence-corrected chi connectivity index (χ3v) is 4.70. The van der Waals surface area contributed by atoms with E-state index in [0.717, 1.165) is 49.3 Å². The number of H-pyrrole nitrogens is 1. The van der Waals surface area contributed by atoms with Crippen LogP contribution in [0, 0.1) is 0 Å². The molecule has 1 aromatic heterocycles. The van der Waals surface area contributed by atoms with E-state index in [-0.39, 0.29) is 18.0 Å². The summed E-state index contributed by atoms with van der Waals surface area (Å²) in [5.41, 5.74) is 3.03. The summed E-state index contributed by atoms with van der Waals surface area (Å²) < 4.78 is 0. The number of hydrogen-bond donors (Lipinski definition) is 1. The molecule has 3 aromatic rings. The Balaban J connectivity index is 0.00000182. The van der Waals surface area contributed by atoms with Crippen molar-refractivity contribution in [2.45, 2.75) is 6.54 Å². The Morgan fingerprint density at radius 1 is 0.880 bits per heavy atom. The van der Waals surface area contributed by atoms with E-state index in [2.05, 4.69) is 39.0 Å². The summed E-state index contributed by atoms with van der Waals surface area (Å²) >= 11 is 0. The normalized spacial score (nSPS) is 15.1. The van der Waals surface area contributed by atoms with Crippen molar-refractivity contribution >= 4 is 29.0 Å². The molecule has 4 nitrogen and oxygen atoms in total. The minimum absolute atomic E-state index is 0. The average molecular weight is 356 g/mol. The summed E-state index contributed by atoms with van der Waals surface area (Å²) in [7, 11) is 0. The molecule has 1 fully saturated rings. The summed E-state index contributed by atoms with van der Waals surface area (Å²) in [5.74, 6) is 0. The van der Waals surface area contributed by atoms with Crippen LogP contribution in [-0.4, -0.2) is 36.1 Å². The van der Waals surface area contributed by atoms with Crippen LogP contribution in [0.1, 0.15) is 5.56 Å². The molecule has 0 aliphatic carbocycles. The minimum atomic E-state index is 0. The zero-order valence-corrected chi connectivity index (χ0v) is 14.8. The highest BCUT2D eigenvalue weighted by Gasteiger charge is 2.19. The minimum Gasteiger partial charge on any atom is -0.365 e. The van der Waals surface area contributed by atoms with Gasteiger partial charge in [-0.25, -0.2) is 0 Å². The number of para-hydroxylation sites is 1. The third kappa shape index (κ3) is 3.86. The van der Waals surface area contributed by atoms with Gasteiger partial charge in [-0.15, -0.1) is 12.4 Å². The molecule has 0 saturated carbocycles. The summed E-state index contributed by atoms with van der Waals surface area (Å²) in [4.78, 5) is 20.0. The van der Waals surface area contributed by atoms with Gasteiger partial charge in [-0.1, -0.05) is 48.5 Å². The van der Waals surface area contributed by atoms with Crippen LogP contribution in [0.5, 0.6) is 0 Å². The van der Waals surface area contributed by atoms with E-state index in [0.29, 0.717) is 0 Å². The molecule has 1 aliphatic heterocycles. The molecule has 25 heavy (non-hydrogen) atoms. The van der Waals surface area contributed by atoms with E-state index in [4.69, 9.17) is 0 Å². The number of fused-ring (bicyclic) bond motifs is 1. The van der Waals surface area contributed by atoms with Gasteiger partial charge in [-0.2, -0.15) is 0 Å². The predicted molar refractivity (Wildman–Crippen MR) is 106 cm³/mol. The van der Waals surface area contributed by atoms with Crippen LogP contribution in [0.4, 0.5) is 5.69 Å². The Kier molecular flexibility index (Phi) is 5.41. The SMILES string of the molecule is Cl.O=c1[nH]c2ccccc2cc1N1CCN(Cc2ccccc2)CC1. The van der Waals surface area contributed by atoms with Gasteiger partial charge in [-0.3, -0.25) is 9.69 Å². The molecule has 0 atom stereocenters. The van der Waals surface area contributed by atoms with E-state index in [1.165, 1.54) is 5.56 Å². The first kappa shape index (κ1) is 17.5. The van der Waals surface area contributed by atoms with Gasteiger partial charge in [-0.05, 0) is 17.7 Å². The Labute approximate surface area is 153 Å². The smallest absolute Gasteiger partial charge is 0.271 e. The molecule has 0 bridgehead atoms. The summed E-state index contributed by atoms with van der Waals surface area (Å²) in [6, 6.07) is 20.5. The predicted octanol–water partition coefficient (Wildman–Crippen LogP) is 3.27. The lowest BCUT2D eigenvalue weighted by atomic mass is 10.1. The average Bonchev–Trinajstić information content (AvgIpc) is 2.63. The highest BCUT2D eigenvalue weighted by Crippen LogP contribution is 2.18. The van der Waals surface area contributed by atoms with Crippen LogP contribution < -0.4 is 10.5 Å². The van der Waals surface area contributed by atoms with E-state index < -0.39 is 0 Å². The molecule has 2 aromatic carbocycles. The summed E-state index contributed by atoms with van der Waals surface area (Å²) in [6.45, 7) is 4.69. The number of nitrogens with zero attached hydrogens (tertiary/aromatic N) is 2. The van der Waals surface area contributed by atoms with Gasteiger partial charge >= 0.3 is 0 Å². The summed E-state index contributed by atoms with van der Waals surface area (Å²) in [5, 5.41) is 1.08. The molecular weight excluding hydrogens is 334 g/mol. The van der Waals surface area contributed by atoms with Crippen molar-refractivity contribution in [3.8, 4) is 0 Å². The Morgan fingerprint density at radius 2 is 1.56 bits per heavy atom. The van der Waals surface area contributed by atoms with Gasteiger partial charge in [0.2, 0.25) is 0 Å². The molecule has 1 aliphatic rings. The van der Waals surface area contributed by atoms with Crippen LogP contribution in [0.2, 0.25) is 0 Å². The topological polar surface area (TPSA) is 39.3 Å². The number of aromatic nitrogens is 1. The first-order chi connectivity index (χ1) is 11.8. The summed E-state index contributed by atoms with van der Waals surface area (Å²) in [6.07, 6.45) is 0. The van der Waals surface area contributed by atoms with Crippen LogP contribution in [-0.2, 0) is 6.54 Å². The number of anilines is 1. The first-order valence-corrected chi connectivity index (χ1v) is 8.43. The number of benzene rings is 2. The molecule has 0 spiro atoms. The maximum atomic E-state index is 12.4. The maximum Gasteiger partial charge on any atom is 0.271 e. The molecule has 130 valence electrons. The molecule has 1 N–H and O–H groups in total. The third-order valence-electron chi connectivity index (χ3n) is 4.70. The van der Waals surface area contributed by atoms with Crippen molar-refractivity contribution in [2.24, 2.45) is 0 Å². The van der Waals surface area contributed by atoms with Crippen molar-refractivity contribution in [1.82, 2.24) is 9.88 Å². The quantitative estimate of drug-likeness (QED) is 0.783. The zero-order valence-electron chi connectivity index (χ0n) is 14.0. The van der Waals surface area contributed by atoms with E-state index in [1.54, 1.807) is 0 Å². The largest absolute Gasteiger partial charge is 0.365 e. The fourth-order valence-electron chi connectivity index (χ4n) is 3.36. The maximum absolute atomic E-state index is 12.4. The zero-order chi connectivity index (χ0) is 16.4. The number of aromatic amines is 1. The first-order valence-electron chi connectivity index (χ1n) is 8.43. The van der Waals surface area contributed by atoms with Crippen molar-refractivity contribution in [1.29, 1.82) is 0 Å². The molecule has 4 rings (SSSR count). The van der Waals surface area contributed by atoms with Crippen molar-refractivity contribution < 1.29 is 0 Å². The number of hydrogen-bond acceptors (Lipinski definition) is 3. The number of rotatable bonds is 3. The van der Waals surface area contributed by atoms with E-state index in [9.17, 15) is 4.79 Å². The van der Waals surface area contributed by atoms with Crippen molar-refractivity contribution in [3.63, 3.8) is 0 Å². The van der Waals surface area contributed by atoms with Gasteiger partial charge in [0.25, 0.3) is 5.56 Å². The molecule has 1 saturated heterocycles. The second-order valence-electron chi connectivity index (χ2n) is 6.32. The van der Waals surface area contributed by atoms with Gasteiger partial charge in [0.1, 0.15) is 5.69 Å². The van der Waals surface area contributed by atoms with Gasteiger partial charge in [0.05, 0.1) is 0 Å². The second kappa shape index (κ2) is 7.72. The standard InChI is InChI=1S/C20H21N3O.ClH/c24-20-19(14-17-8-4-5-9-18(17)21-20)23-12-10-22(11-13-23)15-16-6-2-1-3-7-16;/h1-9,14H,10-13,15H2,(H,21,24);1H. The fourth-order valence-corrected chi connectivity index (χ4v) is 3.36. The molecule has 2 heterocycles. The monoisotopic (exact) mass is 355 g/mol. The Hall–Kier alpha value is -2.30. The van der Waals surface area contributed by atoms with Gasteiger partial charge in [0.15, 0.2) is 0 Å². The van der Waals surface area contributed by atoms with Crippen molar-refractivity contribution in [3.05, 3.63) is 76.6 Å². The lowest BCUT2D eigenvalue weighted by Crippen LogP contribution is -2.47. The molecule has 0 unspecified atom stereocenters. The van der Waals surface area contributed by atoms with Crippen LogP contribution in [0.3, 0.4) is 0 Å². The van der Waals surface area contributed by atoms with Crippen LogP contribution >= 0.6 is 12.4 Å². The van der Waals surface area contributed by atoms with Crippen LogP contribution in [0.15, 0.2) is 65.5 Å². The number of nitrogens with one attached hydrogen (secondary N) is 1. The number of halogens is 1. The van der Waals surface area contributed by atoms with Gasteiger partial charge < -0.3 is 9.88 Å². The molecule has 0 amide bonds. The second-order valence-corrected chi connectivity index (χ2v) is 6.32. The number of piperazine rings is 1. The molecular formula is C20H22ClN3O. The fraction of sp³-hybridized carbons (Fsp3) is 0.250. The van der Waals surface area contributed by atoms with Gasteiger partial charge in [0, 0.05) is 43.6 Å². The Bertz CT molecular complexity index is 886. The van der Waals surface area contributed by atoms with E-state index in [1.807, 2.05) is 36.4 Å². The number of pyridine rings is 1. The van der Waals surface area contributed by atoms with E-state index >= 15 is 0 Å². The molecule has 0 radical (unpaired) electrons. The van der Waals surface area contributed by atoms with Crippen molar-refractivity contribution in [2.75, 3.05) is 31.1 Å². The highest BCUT2D eigenvalue weighted by atomic mass is 35.5. The lowest BCUT2D eigenvalue weighted by molar-refractivity contribution is 0.249. The lowest BCUT2D eigenvalue weighted by Gasteiger charge is -2.35.